The van der Waals surface area contributed by atoms with E-state index in [-0.39, 0.29) is 0 Å². The Morgan fingerprint density at radius 1 is 1.26 bits per heavy atom. The highest BCUT2D eigenvalue weighted by Crippen LogP contribution is 2.33. The van der Waals surface area contributed by atoms with Crippen molar-refractivity contribution in [3.8, 4) is 0 Å². The van der Waals surface area contributed by atoms with E-state index in [1.807, 2.05) is 0 Å². The molecule has 0 spiro atoms. The topological polar surface area (TPSA) is 106 Å². The van der Waals surface area contributed by atoms with Gasteiger partial charge in [-0.1, -0.05) is 0 Å². The summed E-state index contributed by atoms with van der Waals surface area (Å²) in [4.78, 5) is 34.7. The molecule has 19 heavy (non-hydrogen) atoms. The van der Waals surface area contributed by atoms with Gasteiger partial charge in [-0.05, 0) is 12.1 Å². The third-order valence-electron chi connectivity index (χ3n) is 2.76. The zero-order chi connectivity index (χ0) is 14.3. The quantitative estimate of drug-likeness (QED) is 0.708. The van der Waals surface area contributed by atoms with Crippen molar-refractivity contribution in [3.63, 3.8) is 0 Å². The molecule has 2 rings (SSSR count). The van der Waals surface area contributed by atoms with Crippen LogP contribution in [0.4, 0.5) is 14.5 Å². The summed E-state index contributed by atoms with van der Waals surface area (Å²) in [6.45, 7) is -0.493. The Morgan fingerprint density at radius 3 is 2.42 bits per heavy atom. The van der Waals surface area contributed by atoms with Crippen molar-refractivity contribution in [2.24, 2.45) is 11.5 Å². The second-order valence-corrected chi connectivity index (χ2v) is 4.01. The van der Waals surface area contributed by atoms with Crippen LogP contribution in [0.3, 0.4) is 0 Å². The molecule has 6 nitrogen and oxygen atoms in total. The summed E-state index contributed by atoms with van der Waals surface area (Å²) < 4.78 is 27.1. The van der Waals surface area contributed by atoms with Crippen molar-refractivity contribution in [2.75, 3.05) is 11.4 Å². The van der Waals surface area contributed by atoms with Crippen LogP contribution in [0.2, 0.25) is 0 Å². The Bertz CT molecular complexity index is 603. The molecular weight excluding hydrogens is 260 g/mol. The van der Waals surface area contributed by atoms with Gasteiger partial charge in [0.1, 0.15) is 17.7 Å². The Hall–Kier alpha value is -2.35. The van der Waals surface area contributed by atoms with Gasteiger partial charge >= 0.3 is 0 Å². The first-order valence-corrected chi connectivity index (χ1v) is 5.23. The van der Waals surface area contributed by atoms with Crippen molar-refractivity contribution >= 4 is 23.3 Å². The highest BCUT2D eigenvalue weighted by Gasteiger charge is 2.41. The molecule has 1 unspecified atom stereocenters. The summed E-state index contributed by atoms with van der Waals surface area (Å²) in [5, 5.41) is 0. The number of benzene rings is 1. The molecule has 0 radical (unpaired) electrons. The van der Waals surface area contributed by atoms with Gasteiger partial charge in [0.25, 0.3) is 11.7 Å². The molecule has 8 heteroatoms. The number of halogens is 2. The number of carbonyl (C=O) groups excluding carboxylic acids is 3. The summed E-state index contributed by atoms with van der Waals surface area (Å²) in [6.07, 6.45) is 0. The van der Waals surface area contributed by atoms with Crippen LogP contribution in [0.5, 0.6) is 0 Å². The first-order valence-electron chi connectivity index (χ1n) is 5.23. The van der Waals surface area contributed by atoms with E-state index in [0.717, 1.165) is 12.1 Å². The number of nitrogens with zero attached hydrogens (tertiary/aromatic N) is 1. The Labute approximate surface area is 106 Å². The van der Waals surface area contributed by atoms with Gasteiger partial charge in [0.15, 0.2) is 0 Å². The molecule has 0 saturated heterocycles. The van der Waals surface area contributed by atoms with Gasteiger partial charge in [-0.2, -0.15) is 0 Å². The summed E-state index contributed by atoms with van der Waals surface area (Å²) in [5.41, 5.74) is 9.12. The largest absolute Gasteiger partial charge is 0.368 e. The number of carbonyl (C=O) groups is 3. The van der Waals surface area contributed by atoms with Gasteiger partial charge in [-0.3, -0.25) is 19.3 Å². The van der Waals surface area contributed by atoms with Crippen LogP contribution in [0, 0.1) is 11.6 Å². The predicted molar refractivity (Wildman–Crippen MR) is 60.2 cm³/mol. The van der Waals surface area contributed by atoms with E-state index in [1.54, 1.807) is 0 Å². The lowest BCUT2D eigenvalue weighted by Crippen LogP contribution is -2.47. The van der Waals surface area contributed by atoms with Crippen LogP contribution in [0.1, 0.15) is 10.4 Å². The highest BCUT2D eigenvalue weighted by molar-refractivity contribution is 6.52. The van der Waals surface area contributed by atoms with Crippen LogP contribution >= 0.6 is 0 Å². The highest BCUT2D eigenvalue weighted by atomic mass is 19.1. The van der Waals surface area contributed by atoms with Crippen molar-refractivity contribution in [3.05, 3.63) is 29.3 Å². The lowest BCUT2D eigenvalue weighted by Gasteiger charge is -2.19. The maximum atomic E-state index is 13.6. The second-order valence-electron chi connectivity index (χ2n) is 4.01. The first-order chi connectivity index (χ1) is 8.84. The lowest BCUT2D eigenvalue weighted by molar-refractivity contribution is -0.119. The zero-order valence-corrected chi connectivity index (χ0v) is 9.52. The molecule has 0 saturated carbocycles. The molecule has 1 heterocycles. The maximum Gasteiger partial charge on any atom is 0.299 e. The SMILES string of the molecule is NC(=O)C(N)CN1C(=O)C(=O)c2c(F)ccc(F)c21. The molecule has 0 bridgehead atoms. The normalized spacial score (nSPS) is 15.6. The summed E-state index contributed by atoms with van der Waals surface area (Å²) in [7, 11) is 0. The third-order valence-corrected chi connectivity index (χ3v) is 2.76. The van der Waals surface area contributed by atoms with Crippen LogP contribution in [0.15, 0.2) is 12.1 Å². The van der Waals surface area contributed by atoms with Crippen LogP contribution in [-0.4, -0.2) is 30.2 Å². The van der Waals surface area contributed by atoms with Gasteiger partial charge in [-0.15, -0.1) is 0 Å². The molecule has 1 aliphatic heterocycles. The van der Waals surface area contributed by atoms with E-state index in [0.29, 0.717) is 4.90 Å². The van der Waals surface area contributed by atoms with Gasteiger partial charge < -0.3 is 11.5 Å². The number of fused-ring (bicyclic) bond motifs is 1. The van der Waals surface area contributed by atoms with Crippen LogP contribution in [0.25, 0.3) is 0 Å². The number of ketones is 1. The smallest absolute Gasteiger partial charge is 0.299 e. The van der Waals surface area contributed by atoms with Gasteiger partial charge in [-0.25, -0.2) is 8.78 Å². The molecular formula is C11H9F2N3O3. The molecule has 100 valence electrons. The minimum Gasteiger partial charge on any atom is -0.368 e. The average molecular weight is 269 g/mol. The van der Waals surface area contributed by atoms with Crippen LogP contribution in [-0.2, 0) is 9.59 Å². The maximum absolute atomic E-state index is 13.6. The van der Waals surface area contributed by atoms with E-state index < -0.39 is 53.1 Å². The van der Waals surface area contributed by atoms with E-state index >= 15 is 0 Å². The van der Waals surface area contributed by atoms with Gasteiger partial charge in [0.2, 0.25) is 5.91 Å². The molecule has 1 aromatic carbocycles. The molecule has 0 aliphatic carbocycles. The third kappa shape index (κ3) is 1.95. The van der Waals surface area contributed by atoms with Crippen molar-refractivity contribution in [1.29, 1.82) is 0 Å². The molecule has 2 amide bonds. The fourth-order valence-electron chi connectivity index (χ4n) is 1.81. The van der Waals surface area contributed by atoms with Crippen LogP contribution < -0.4 is 16.4 Å². The zero-order valence-electron chi connectivity index (χ0n) is 9.52. The van der Waals surface area contributed by atoms with E-state index in [1.165, 1.54) is 0 Å². The number of primary amides is 1. The number of rotatable bonds is 3. The molecule has 1 aromatic rings. The van der Waals surface area contributed by atoms with Crippen molar-refractivity contribution in [2.45, 2.75) is 6.04 Å². The molecule has 1 aliphatic rings. The molecule has 4 N–H and O–H groups in total. The number of hydrogen-bond donors (Lipinski definition) is 2. The van der Waals surface area contributed by atoms with Gasteiger partial charge in [0.05, 0.1) is 17.8 Å². The predicted octanol–water partition coefficient (Wildman–Crippen LogP) is -0.693. The lowest BCUT2D eigenvalue weighted by atomic mass is 10.1. The van der Waals surface area contributed by atoms with E-state index in [2.05, 4.69) is 0 Å². The monoisotopic (exact) mass is 269 g/mol. The van der Waals surface area contributed by atoms with E-state index in [9.17, 15) is 23.2 Å². The number of amides is 2. The van der Waals surface area contributed by atoms with Gasteiger partial charge in [0, 0.05) is 0 Å². The standard InChI is InChI=1S/C11H9F2N3O3/c12-4-1-2-5(13)8-7(4)9(17)11(19)16(8)3-6(14)10(15)18/h1-2,6H,3,14H2,(H2,15,18). The summed E-state index contributed by atoms with van der Waals surface area (Å²) >= 11 is 0. The minimum absolute atomic E-state index is 0.493. The van der Waals surface area contributed by atoms with E-state index in [4.69, 9.17) is 11.5 Å². The average Bonchev–Trinajstić information content (AvgIpc) is 2.60. The Balaban J connectivity index is 2.50. The minimum atomic E-state index is -1.29. The number of Topliss-reactive ketones (excluding diaryl/α,β-unsaturated/α-hetero) is 1. The Kier molecular flexibility index (Phi) is 3.03. The summed E-state index contributed by atoms with van der Waals surface area (Å²) in [6, 6.07) is 0.241. The summed E-state index contributed by atoms with van der Waals surface area (Å²) in [5.74, 6) is -5.21. The molecule has 0 aromatic heterocycles. The molecule has 1 atom stereocenters. The number of anilines is 1. The molecule has 0 fully saturated rings. The number of nitrogens with two attached hydrogens (primary N) is 2. The van der Waals surface area contributed by atoms with Crippen molar-refractivity contribution < 1.29 is 23.2 Å². The Morgan fingerprint density at radius 2 is 1.84 bits per heavy atom. The fraction of sp³-hybridized carbons (Fsp3) is 0.182. The number of hydrogen-bond acceptors (Lipinski definition) is 4. The first kappa shape index (κ1) is 13.1. The van der Waals surface area contributed by atoms with Crippen molar-refractivity contribution in [1.82, 2.24) is 0 Å². The fourth-order valence-corrected chi connectivity index (χ4v) is 1.81. The second kappa shape index (κ2) is 4.39.